The molecule has 5 nitrogen and oxygen atoms in total. The van der Waals surface area contributed by atoms with E-state index in [-0.39, 0.29) is 5.56 Å². The van der Waals surface area contributed by atoms with E-state index in [9.17, 15) is 9.18 Å². The van der Waals surface area contributed by atoms with Crippen LogP contribution in [0.15, 0.2) is 70.6 Å². The Bertz CT molecular complexity index is 1200. The maximum absolute atomic E-state index is 14.2. The van der Waals surface area contributed by atoms with Crippen molar-refractivity contribution in [2.75, 3.05) is 7.05 Å². The molecule has 0 fully saturated rings. The van der Waals surface area contributed by atoms with Gasteiger partial charge in [0.25, 0.3) is 5.91 Å². The third-order valence-corrected chi connectivity index (χ3v) is 5.37. The van der Waals surface area contributed by atoms with E-state index in [1.165, 1.54) is 24.9 Å². The number of carbonyl (C=O) groups is 1. The SMILES string of the molecule is CNC(=O)c1c(F)cccc1Sc1ccc2c(/C=C/c3ccccn3)n[nH]c2c1. The average Bonchev–Trinajstić information content (AvgIpc) is 3.15. The lowest BCUT2D eigenvalue weighted by Crippen LogP contribution is -2.20. The zero-order chi connectivity index (χ0) is 20.2. The minimum Gasteiger partial charge on any atom is -0.355 e. The third kappa shape index (κ3) is 4.05. The quantitative estimate of drug-likeness (QED) is 0.502. The number of nitrogens with zero attached hydrogens (tertiary/aromatic N) is 2. The number of fused-ring (bicyclic) bond motifs is 1. The highest BCUT2D eigenvalue weighted by atomic mass is 32.2. The van der Waals surface area contributed by atoms with Gasteiger partial charge >= 0.3 is 0 Å². The molecular formula is C22H17FN4OS. The van der Waals surface area contributed by atoms with Gasteiger partial charge in [-0.05, 0) is 54.6 Å². The highest BCUT2D eigenvalue weighted by Gasteiger charge is 2.16. The molecule has 29 heavy (non-hydrogen) atoms. The van der Waals surface area contributed by atoms with Gasteiger partial charge in [-0.25, -0.2) is 4.39 Å². The summed E-state index contributed by atoms with van der Waals surface area (Å²) in [7, 11) is 1.49. The van der Waals surface area contributed by atoms with Crippen LogP contribution in [-0.4, -0.2) is 28.1 Å². The van der Waals surface area contributed by atoms with Crippen molar-refractivity contribution in [3.63, 3.8) is 0 Å². The van der Waals surface area contributed by atoms with Crippen LogP contribution in [0.25, 0.3) is 23.1 Å². The van der Waals surface area contributed by atoms with Crippen LogP contribution in [0.4, 0.5) is 4.39 Å². The molecule has 0 aliphatic heterocycles. The lowest BCUT2D eigenvalue weighted by Gasteiger charge is -2.09. The number of rotatable bonds is 5. The molecule has 4 aromatic rings. The molecule has 0 radical (unpaired) electrons. The Kier molecular flexibility index (Phi) is 5.39. The van der Waals surface area contributed by atoms with Crippen molar-refractivity contribution in [2.24, 2.45) is 0 Å². The van der Waals surface area contributed by atoms with Crippen LogP contribution >= 0.6 is 11.8 Å². The van der Waals surface area contributed by atoms with Gasteiger partial charge in [-0.2, -0.15) is 5.10 Å². The van der Waals surface area contributed by atoms with Crippen LogP contribution in [0.1, 0.15) is 21.7 Å². The fourth-order valence-electron chi connectivity index (χ4n) is 2.91. The molecule has 2 N–H and O–H groups in total. The molecule has 0 atom stereocenters. The predicted molar refractivity (Wildman–Crippen MR) is 113 cm³/mol. The van der Waals surface area contributed by atoms with Crippen molar-refractivity contribution >= 4 is 40.7 Å². The van der Waals surface area contributed by atoms with Gasteiger partial charge in [0.05, 0.1) is 22.5 Å². The zero-order valence-electron chi connectivity index (χ0n) is 15.5. The van der Waals surface area contributed by atoms with Crippen molar-refractivity contribution in [3.05, 3.63) is 83.6 Å². The fraction of sp³-hybridized carbons (Fsp3) is 0.0455. The van der Waals surface area contributed by atoms with Crippen molar-refractivity contribution in [1.29, 1.82) is 0 Å². The number of benzene rings is 2. The number of hydrogen-bond acceptors (Lipinski definition) is 4. The number of hydrogen-bond donors (Lipinski definition) is 2. The molecular weight excluding hydrogens is 387 g/mol. The predicted octanol–water partition coefficient (Wildman–Crippen LogP) is 4.78. The summed E-state index contributed by atoms with van der Waals surface area (Å²) >= 11 is 1.33. The van der Waals surface area contributed by atoms with Crippen LogP contribution in [0.2, 0.25) is 0 Å². The molecule has 0 bridgehead atoms. The van der Waals surface area contributed by atoms with E-state index in [2.05, 4.69) is 20.5 Å². The number of H-pyrrole nitrogens is 1. The van der Waals surface area contributed by atoms with Crippen LogP contribution in [0.5, 0.6) is 0 Å². The van der Waals surface area contributed by atoms with E-state index in [1.54, 1.807) is 18.3 Å². The van der Waals surface area contributed by atoms with Gasteiger partial charge in [-0.1, -0.05) is 23.9 Å². The molecule has 2 aromatic carbocycles. The summed E-state index contributed by atoms with van der Waals surface area (Å²) in [6, 6.07) is 16.2. The number of nitrogens with one attached hydrogen (secondary N) is 2. The number of carbonyl (C=O) groups excluding carboxylic acids is 1. The van der Waals surface area contributed by atoms with Crippen molar-refractivity contribution < 1.29 is 9.18 Å². The number of pyridine rings is 1. The highest BCUT2D eigenvalue weighted by Crippen LogP contribution is 2.33. The maximum Gasteiger partial charge on any atom is 0.255 e. The van der Waals surface area contributed by atoms with Crippen molar-refractivity contribution in [3.8, 4) is 0 Å². The standard InChI is InChI=1S/C22H17FN4OS/c1-24-22(28)21-17(23)6-4-7-20(21)29-15-9-10-16-18(26-27-19(16)13-15)11-8-14-5-2-3-12-25-14/h2-13H,1H3,(H,24,28)(H,26,27)/b11-8+. The Morgan fingerprint density at radius 2 is 2.03 bits per heavy atom. The first-order chi connectivity index (χ1) is 14.2. The minimum absolute atomic E-state index is 0.0451. The molecule has 0 aliphatic rings. The van der Waals surface area contributed by atoms with E-state index in [0.29, 0.717) is 4.90 Å². The zero-order valence-corrected chi connectivity index (χ0v) is 16.3. The third-order valence-electron chi connectivity index (χ3n) is 4.32. The van der Waals surface area contributed by atoms with Gasteiger partial charge in [0.2, 0.25) is 0 Å². The lowest BCUT2D eigenvalue weighted by molar-refractivity contribution is 0.0956. The summed E-state index contributed by atoms with van der Waals surface area (Å²) in [5.41, 5.74) is 2.56. The van der Waals surface area contributed by atoms with Crippen molar-refractivity contribution in [2.45, 2.75) is 9.79 Å². The van der Waals surface area contributed by atoms with Crippen LogP contribution in [0, 0.1) is 5.82 Å². The van der Waals surface area contributed by atoms with Gasteiger partial charge in [0.15, 0.2) is 0 Å². The monoisotopic (exact) mass is 404 g/mol. The number of aromatic nitrogens is 3. The van der Waals surface area contributed by atoms with Crippen molar-refractivity contribution in [1.82, 2.24) is 20.5 Å². The summed E-state index contributed by atoms with van der Waals surface area (Å²) in [5.74, 6) is -0.992. The molecule has 2 heterocycles. The molecule has 1 amide bonds. The molecule has 4 rings (SSSR count). The van der Waals surface area contributed by atoms with Gasteiger partial charge < -0.3 is 5.32 Å². The van der Waals surface area contributed by atoms with Gasteiger partial charge in [0.1, 0.15) is 5.82 Å². The molecule has 0 saturated heterocycles. The van der Waals surface area contributed by atoms with Gasteiger partial charge in [-0.15, -0.1) is 0 Å². The lowest BCUT2D eigenvalue weighted by atomic mass is 10.2. The minimum atomic E-state index is -0.543. The topological polar surface area (TPSA) is 70.7 Å². The molecule has 0 unspecified atom stereocenters. The number of halogens is 1. The molecule has 7 heteroatoms. The average molecular weight is 404 g/mol. The Labute approximate surface area is 171 Å². The van der Waals surface area contributed by atoms with E-state index in [1.807, 2.05) is 48.6 Å². The van der Waals surface area contributed by atoms with Crippen LogP contribution < -0.4 is 5.32 Å². The largest absolute Gasteiger partial charge is 0.355 e. The first-order valence-corrected chi connectivity index (χ1v) is 9.73. The molecule has 0 aliphatic carbocycles. The maximum atomic E-state index is 14.2. The second-order valence-corrected chi connectivity index (χ2v) is 7.31. The molecule has 144 valence electrons. The highest BCUT2D eigenvalue weighted by molar-refractivity contribution is 7.99. The molecule has 0 spiro atoms. The normalized spacial score (nSPS) is 11.2. The van der Waals surface area contributed by atoms with E-state index in [0.717, 1.165) is 27.2 Å². The van der Waals surface area contributed by atoms with Crippen LogP contribution in [-0.2, 0) is 0 Å². The van der Waals surface area contributed by atoms with E-state index in [4.69, 9.17) is 0 Å². The summed E-state index contributed by atoms with van der Waals surface area (Å²) in [5, 5.41) is 10.8. The van der Waals surface area contributed by atoms with E-state index < -0.39 is 11.7 Å². The molecule has 2 aromatic heterocycles. The summed E-state index contributed by atoms with van der Waals surface area (Å²) in [6.45, 7) is 0. The Morgan fingerprint density at radius 1 is 1.14 bits per heavy atom. The first-order valence-electron chi connectivity index (χ1n) is 8.91. The van der Waals surface area contributed by atoms with Gasteiger partial charge in [0, 0.05) is 28.4 Å². The second-order valence-electron chi connectivity index (χ2n) is 6.20. The Balaban J connectivity index is 1.62. The number of aromatic amines is 1. The Hall–Kier alpha value is -3.45. The number of amides is 1. The smallest absolute Gasteiger partial charge is 0.255 e. The fourth-order valence-corrected chi connectivity index (χ4v) is 3.92. The first kappa shape index (κ1) is 18.9. The Morgan fingerprint density at radius 3 is 2.83 bits per heavy atom. The van der Waals surface area contributed by atoms with Gasteiger partial charge in [-0.3, -0.25) is 14.9 Å². The summed E-state index contributed by atoms with van der Waals surface area (Å²) in [4.78, 5) is 17.7. The van der Waals surface area contributed by atoms with Crippen LogP contribution in [0.3, 0.4) is 0 Å². The van der Waals surface area contributed by atoms with E-state index >= 15 is 0 Å². The summed E-state index contributed by atoms with van der Waals surface area (Å²) < 4.78 is 14.2. The second kappa shape index (κ2) is 8.28. The summed E-state index contributed by atoms with van der Waals surface area (Å²) in [6.07, 6.45) is 5.55. The molecule has 0 saturated carbocycles.